The summed E-state index contributed by atoms with van der Waals surface area (Å²) < 4.78 is 5.59. The fraction of sp³-hybridized carbons (Fsp3) is 0.462. The molecule has 1 N–H and O–H groups in total. The van der Waals surface area contributed by atoms with Crippen molar-refractivity contribution in [2.45, 2.75) is 12.8 Å². The van der Waals surface area contributed by atoms with Crippen LogP contribution in [0, 0.1) is 0 Å². The Kier molecular flexibility index (Phi) is 4.31. The molecular formula is C13H16ClN2O2. The Morgan fingerprint density at radius 2 is 2.11 bits per heavy atom. The van der Waals surface area contributed by atoms with Crippen molar-refractivity contribution < 1.29 is 9.53 Å². The molecule has 1 amide bonds. The Hall–Kier alpha value is -1.42. The number of amides is 1. The van der Waals surface area contributed by atoms with Crippen LogP contribution < -0.4 is 15.4 Å². The molecule has 0 aromatic heterocycles. The number of hydrogen-bond donors (Lipinski definition) is 0. The molecule has 1 aliphatic rings. The number of benzene rings is 1. The minimum atomic E-state index is -0.667. The Morgan fingerprint density at radius 1 is 1.39 bits per heavy atom. The van der Waals surface area contributed by atoms with Crippen LogP contribution in [0.1, 0.15) is 23.2 Å². The molecule has 1 saturated heterocycles. The first-order valence-corrected chi connectivity index (χ1v) is 6.59. The summed E-state index contributed by atoms with van der Waals surface area (Å²) >= 11 is 5.62. The number of anilines is 1. The number of ether oxygens (including phenoxy) is 1. The predicted molar refractivity (Wildman–Crippen MR) is 71.5 cm³/mol. The summed E-state index contributed by atoms with van der Waals surface area (Å²) in [5.41, 5.74) is 8.47. The summed E-state index contributed by atoms with van der Waals surface area (Å²) in [5, 5.41) is 0. The Bertz CT molecular complexity index is 431. The summed E-state index contributed by atoms with van der Waals surface area (Å²) in [6.45, 7) is 2.37. The molecule has 1 heterocycles. The second-order valence-electron chi connectivity index (χ2n) is 4.24. The third-order valence-corrected chi connectivity index (χ3v) is 3.16. The number of halogens is 1. The van der Waals surface area contributed by atoms with E-state index in [2.05, 4.69) is 4.90 Å². The molecule has 1 radical (unpaired) electrons. The monoisotopic (exact) mass is 267 g/mol. The maximum absolute atomic E-state index is 11.1. The van der Waals surface area contributed by atoms with E-state index in [0.717, 1.165) is 37.4 Å². The lowest BCUT2D eigenvalue weighted by Gasteiger charge is -2.21. The van der Waals surface area contributed by atoms with Gasteiger partial charge in [-0.3, -0.25) is 10.5 Å². The van der Waals surface area contributed by atoms with Crippen LogP contribution in [0.4, 0.5) is 5.69 Å². The molecule has 1 aromatic rings. The Labute approximate surface area is 112 Å². The van der Waals surface area contributed by atoms with Crippen molar-refractivity contribution >= 4 is 23.2 Å². The second-order valence-corrected chi connectivity index (χ2v) is 4.62. The molecule has 4 nitrogen and oxygen atoms in total. The predicted octanol–water partition coefficient (Wildman–Crippen LogP) is 2.33. The molecule has 18 heavy (non-hydrogen) atoms. The van der Waals surface area contributed by atoms with Gasteiger partial charge in [0.2, 0.25) is 0 Å². The van der Waals surface area contributed by atoms with Crippen LogP contribution in [-0.2, 0) is 0 Å². The molecule has 97 valence electrons. The summed E-state index contributed by atoms with van der Waals surface area (Å²) in [5.74, 6) is 0.500. The van der Waals surface area contributed by atoms with Crippen LogP contribution in [0.2, 0.25) is 0 Å². The van der Waals surface area contributed by atoms with Crippen molar-refractivity contribution in [3.05, 3.63) is 23.8 Å². The summed E-state index contributed by atoms with van der Waals surface area (Å²) in [6, 6.07) is 5.12. The minimum Gasteiger partial charge on any atom is -0.490 e. The van der Waals surface area contributed by atoms with Gasteiger partial charge in [-0.2, -0.15) is 0 Å². The number of nitrogens with zero attached hydrogens (tertiary/aromatic N) is 1. The van der Waals surface area contributed by atoms with Gasteiger partial charge in [-0.1, -0.05) is 0 Å². The lowest BCUT2D eigenvalue weighted by atomic mass is 10.1. The number of rotatable bonds is 5. The molecule has 0 saturated carbocycles. The topological polar surface area (TPSA) is 53.3 Å². The number of alkyl halides is 1. The second kappa shape index (κ2) is 5.96. The van der Waals surface area contributed by atoms with E-state index in [-0.39, 0.29) is 0 Å². The summed E-state index contributed by atoms with van der Waals surface area (Å²) in [4.78, 5) is 13.3. The highest BCUT2D eigenvalue weighted by atomic mass is 35.5. The van der Waals surface area contributed by atoms with E-state index >= 15 is 0 Å². The Morgan fingerprint density at radius 3 is 2.72 bits per heavy atom. The van der Waals surface area contributed by atoms with Crippen LogP contribution in [-0.4, -0.2) is 31.5 Å². The lowest BCUT2D eigenvalue weighted by Crippen LogP contribution is -2.19. The largest absolute Gasteiger partial charge is 0.490 e. The van der Waals surface area contributed by atoms with Gasteiger partial charge in [0.15, 0.2) is 0 Å². The summed E-state index contributed by atoms with van der Waals surface area (Å²) in [7, 11) is 0. The molecule has 2 rings (SSSR count). The average Bonchev–Trinajstić information content (AvgIpc) is 2.89. The maximum atomic E-state index is 11.1. The van der Waals surface area contributed by atoms with E-state index in [1.54, 1.807) is 18.2 Å². The van der Waals surface area contributed by atoms with Gasteiger partial charge in [-0.05, 0) is 31.0 Å². The molecule has 0 bridgehead atoms. The van der Waals surface area contributed by atoms with E-state index in [1.165, 1.54) is 0 Å². The highest BCUT2D eigenvalue weighted by Gasteiger charge is 2.18. The lowest BCUT2D eigenvalue weighted by molar-refractivity contribution is 0.0992. The number of nitrogens with one attached hydrogen (secondary N) is 1. The quantitative estimate of drug-likeness (QED) is 0.770. The van der Waals surface area contributed by atoms with E-state index in [1.807, 2.05) is 0 Å². The third-order valence-electron chi connectivity index (χ3n) is 3.00. The van der Waals surface area contributed by atoms with Crippen molar-refractivity contribution in [2.24, 2.45) is 0 Å². The van der Waals surface area contributed by atoms with Gasteiger partial charge in [-0.25, -0.2) is 0 Å². The highest BCUT2D eigenvalue weighted by Crippen LogP contribution is 2.32. The first-order valence-electron chi connectivity index (χ1n) is 6.06. The normalized spacial score (nSPS) is 14.8. The Balaban J connectivity index is 2.29. The van der Waals surface area contributed by atoms with Gasteiger partial charge in [0.25, 0.3) is 5.91 Å². The molecule has 1 fully saturated rings. The standard InChI is InChI=1S/C13H16ClN2O2/c14-5-8-18-12-4-3-10(13(15)17)9-11(12)16-6-1-2-7-16/h3-4,9,15H,1-2,5-8H2. The summed E-state index contributed by atoms with van der Waals surface area (Å²) in [6.07, 6.45) is 2.29. The van der Waals surface area contributed by atoms with Crippen molar-refractivity contribution in [1.29, 1.82) is 0 Å². The number of carbonyl (C=O) groups excluding carboxylic acids is 1. The zero-order valence-corrected chi connectivity index (χ0v) is 10.9. The number of hydrogen-bond acceptors (Lipinski definition) is 3. The SMILES string of the molecule is [NH]C(=O)c1ccc(OCCCl)c(N2CCCC2)c1. The van der Waals surface area contributed by atoms with Gasteiger partial charge in [0.05, 0.1) is 11.6 Å². The van der Waals surface area contributed by atoms with E-state index in [0.29, 0.717) is 18.1 Å². The highest BCUT2D eigenvalue weighted by molar-refractivity contribution is 6.18. The smallest absolute Gasteiger partial charge is 0.269 e. The third kappa shape index (κ3) is 2.88. The first-order chi connectivity index (χ1) is 8.72. The van der Waals surface area contributed by atoms with Crippen LogP contribution in [0.25, 0.3) is 0 Å². The molecule has 5 heteroatoms. The van der Waals surface area contributed by atoms with Gasteiger partial charge in [0.1, 0.15) is 12.4 Å². The van der Waals surface area contributed by atoms with Gasteiger partial charge in [0, 0.05) is 18.7 Å². The maximum Gasteiger partial charge on any atom is 0.269 e. The van der Waals surface area contributed by atoms with Crippen molar-refractivity contribution in [2.75, 3.05) is 30.5 Å². The van der Waals surface area contributed by atoms with Crippen molar-refractivity contribution in [3.8, 4) is 5.75 Å². The minimum absolute atomic E-state index is 0.398. The molecule has 0 atom stereocenters. The van der Waals surface area contributed by atoms with E-state index < -0.39 is 5.91 Å². The molecule has 0 spiro atoms. The van der Waals surface area contributed by atoms with E-state index in [4.69, 9.17) is 22.1 Å². The molecule has 0 unspecified atom stereocenters. The van der Waals surface area contributed by atoms with Crippen LogP contribution in [0.3, 0.4) is 0 Å². The van der Waals surface area contributed by atoms with Gasteiger partial charge >= 0.3 is 0 Å². The van der Waals surface area contributed by atoms with Crippen LogP contribution >= 0.6 is 11.6 Å². The zero-order valence-electron chi connectivity index (χ0n) is 10.1. The molecule has 1 aliphatic heterocycles. The fourth-order valence-electron chi connectivity index (χ4n) is 2.13. The van der Waals surface area contributed by atoms with Gasteiger partial charge in [-0.15, -0.1) is 11.6 Å². The first kappa shape index (κ1) is 13.0. The van der Waals surface area contributed by atoms with Crippen molar-refractivity contribution in [1.82, 2.24) is 5.73 Å². The molecular weight excluding hydrogens is 252 g/mol. The molecule has 0 aliphatic carbocycles. The van der Waals surface area contributed by atoms with Crippen molar-refractivity contribution in [3.63, 3.8) is 0 Å². The van der Waals surface area contributed by atoms with Gasteiger partial charge < -0.3 is 9.64 Å². The average molecular weight is 268 g/mol. The fourth-order valence-corrected chi connectivity index (χ4v) is 2.21. The van der Waals surface area contributed by atoms with Crippen LogP contribution in [0.5, 0.6) is 5.75 Å². The number of carbonyl (C=O) groups is 1. The zero-order chi connectivity index (χ0) is 13.0. The van der Waals surface area contributed by atoms with E-state index in [9.17, 15) is 4.79 Å². The molecule has 1 aromatic carbocycles. The van der Waals surface area contributed by atoms with Crippen LogP contribution in [0.15, 0.2) is 18.2 Å².